The number of amides is 2. The first kappa shape index (κ1) is 29.1. The molecule has 5 rings (SSSR count). The van der Waals surface area contributed by atoms with Gasteiger partial charge in [-0.2, -0.15) is 4.98 Å². The number of nitrogens with one attached hydrogen (secondary N) is 1. The Labute approximate surface area is 247 Å². The monoisotopic (exact) mass is 591 g/mol. The van der Waals surface area contributed by atoms with E-state index in [-0.39, 0.29) is 23.3 Å². The molecule has 42 heavy (non-hydrogen) atoms. The maximum Gasteiger partial charge on any atom is 0.410 e. The van der Waals surface area contributed by atoms with Crippen LogP contribution in [0.15, 0.2) is 55.0 Å². The standard InChI is InChI=1S/C30H31ClFN7O3/c1-18-7-5-8-19-12-13-33-25(24(18)19)39(21-9-6-14-38(16-21)29(41)42-30(2,3)4)26(40)22-11-10-20(15-23(22)32)36-28-35-17-34-27(31)37-28/h5,7-8,10-13,15,17,21H,6,9,14,16H2,1-4H3,(H,34,35,36,37)/t21-/m1/s1. The summed E-state index contributed by atoms with van der Waals surface area (Å²) in [5.41, 5.74) is 0.436. The molecule has 218 valence electrons. The summed E-state index contributed by atoms with van der Waals surface area (Å²) in [4.78, 5) is 46.7. The van der Waals surface area contributed by atoms with Crippen molar-refractivity contribution >= 4 is 51.8 Å². The number of carbonyl (C=O) groups excluding carboxylic acids is 2. The Morgan fingerprint density at radius 2 is 1.95 bits per heavy atom. The third-order valence-electron chi connectivity index (χ3n) is 6.84. The quantitative estimate of drug-likeness (QED) is 0.287. The number of hydrogen-bond donors (Lipinski definition) is 1. The van der Waals surface area contributed by atoms with Crippen LogP contribution in [0.3, 0.4) is 0 Å². The van der Waals surface area contributed by atoms with Gasteiger partial charge in [0.05, 0.1) is 11.6 Å². The summed E-state index contributed by atoms with van der Waals surface area (Å²) in [5.74, 6) is -0.767. The molecule has 1 fully saturated rings. The number of hydrogen-bond acceptors (Lipinski definition) is 8. The molecule has 0 saturated carbocycles. The SMILES string of the molecule is Cc1cccc2ccnc(N(C(=O)c3ccc(Nc4ncnc(Cl)n4)cc3F)[C@@H]3CCCN(C(=O)OC(C)(C)C)C3)c12. The topological polar surface area (TPSA) is 113 Å². The number of nitrogens with zero attached hydrogens (tertiary/aromatic N) is 6. The number of ether oxygens (including phenoxy) is 1. The smallest absolute Gasteiger partial charge is 0.410 e. The minimum absolute atomic E-state index is 0.0128. The average molecular weight is 592 g/mol. The van der Waals surface area contributed by atoms with Crippen LogP contribution < -0.4 is 10.2 Å². The van der Waals surface area contributed by atoms with Crippen molar-refractivity contribution in [2.45, 2.75) is 52.2 Å². The van der Waals surface area contributed by atoms with Gasteiger partial charge in [0.25, 0.3) is 5.91 Å². The van der Waals surface area contributed by atoms with Gasteiger partial charge in [-0.3, -0.25) is 9.69 Å². The van der Waals surface area contributed by atoms with Gasteiger partial charge in [-0.15, -0.1) is 0 Å². The van der Waals surface area contributed by atoms with Crippen LogP contribution in [0.2, 0.25) is 5.28 Å². The Balaban J connectivity index is 1.53. The fourth-order valence-electron chi connectivity index (χ4n) is 5.02. The fraction of sp³-hybridized carbons (Fsp3) is 0.333. The highest BCUT2D eigenvalue weighted by molar-refractivity contribution is 6.28. The summed E-state index contributed by atoms with van der Waals surface area (Å²) < 4.78 is 21.3. The van der Waals surface area contributed by atoms with Gasteiger partial charge < -0.3 is 15.0 Å². The number of fused-ring (bicyclic) bond motifs is 1. The molecule has 2 aromatic carbocycles. The molecule has 10 nitrogen and oxygen atoms in total. The second-order valence-corrected chi connectivity index (χ2v) is 11.4. The number of likely N-dealkylation sites (tertiary alicyclic amines) is 1. The van der Waals surface area contributed by atoms with E-state index in [2.05, 4.69) is 25.3 Å². The van der Waals surface area contributed by atoms with Crippen molar-refractivity contribution in [2.24, 2.45) is 0 Å². The summed E-state index contributed by atoms with van der Waals surface area (Å²) in [5, 5.41) is 4.53. The van der Waals surface area contributed by atoms with Crippen LogP contribution in [-0.2, 0) is 4.74 Å². The Morgan fingerprint density at radius 1 is 1.14 bits per heavy atom. The molecular formula is C30H31ClFN7O3. The van der Waals surface area contributed by atoms with Crippen LogP contribution in [0, 0.1) is 12.7 Å². The van der Waals surface area contributed by atoms with Crippen molar-refractivity contribution in [3.63, 3.8) is 0 Å². The molecule has 3 heterocycles. The van der Waals surface area contributed by atoms with Crippen LogP contribution in [0.25, 0.3) is 10.8 Å². The van der Waals surface area contributed by atoms with Gasteiger partial charge in [0.1, 0.15) is 23.6 Å². The maximum absolute atomic E-state index is 15.6. The van der Waals surface area contributed by atoms with Crippen LogP contribution >= 0.6 is 11.6 Å². The van der Waals surface area contributed by atoms with Gasteiger partial charge in [0.15, 0.2) is 0 Å². The third-order valence-corrected chi connectivity index (χ3v) is 7.02. The van der Waals surface area contributed by atoms with E-state index in [1.165, 1.54) is 23.4 Å². The molecule has 1 aliphatic heterocycles. The first-order valence-electron chi connectivity index (χ1n) is 13.6. The third kappa shape index (κ3) is 6.41. The molecule has 1 atom stereocenters. The van der Waals surface area contributed by atoms with E-state index in [0.717, 1.165) is 16.3 Å². The van der Waals surface area contributed by atoms with Crippen molar-refractivity contribution in [3.05, 3.63) is 77.2 Å². The number of anilines is 3. The number of halogens is 2. The molecule has 12 heteroatoms. The summed E-state index contributed by atoms with van der Waals surface area (Å²) in [6.45, 7) is 8.07. The zero-order valence-corrected chi connectivity index (χ0v) is 24.5. The van der Waals surface area contributed by atoms with E-state index < -0.39 is 29.5 Å². The van der Waals surface area contributed by atoms with Gasteiger partial charge in [0.2, 0.25) is 11.2 Å². The molecule has 0 bridgehead atoms. The zero-order valence-electron chi connectivity index (χ0n) is 23.8. The van der Waals surface area contributed by atoms with Gasteiger partial charge in [-0.05, 0) is 87.4 Å². The lowest BCUT2D eigenvalue weighted by molar-refractivity contribution is 0.0196. The highest BCUT2D eigenvalue weighted by Crippen LogP contribution is 2.33. The second kappa shape index (κ2) is 11.8. The maximum atomic E-state index is 15.6. The van der Waals surface area contributed by atoms with E-state index >= 15 is 4.39 Å². The lowest BCUT2D eigenvalue weighted by Gasteiger charge is -2.39. The Hall–Kier alpha value is -4.38. The summed E-state index contributed by atoms with van der Waals surface area (Å²) in [6.07, 6.45) is 3.64. The number of rotatable bonds is 5. The zero-order chi connectivity index (χ0) is 30.0. The predicted octanol–water partition coefficient (Wildman–Crippen LogP) is 6.31. The molecular weight excluding hydrogens is 561 g/mol. The van der Waals surface area contributed by atoms with Crippen molar-refractivity contribution in [3.8, 4) is 0 Å². The van der Waals surface area contributed by atoms with Crippen molar-refractivity contribution in [1.29, 1.82) is 0 Å². The van der Waals surface area contributed by atoms with E-state index in [0.29, 0.717) is 30.9 Å². The fourth-order valence-corrected chi connectivity index (χ4v) is 5.15. The molecule has 2 aromatic heterocycles. The first-order chi connectivity index (χ1) is 20.0. The number of aromatic nitrogens is 4. The summed E-state index contributed by atoms with van der Waals surface area (Å²) in [7, 11) is 0. The number of benzene rings is 2. The van der Waals surface area contributed by atoms with Gasteiger partial charge in [-0.1, -0.05) is 18.2 Å². The van der Waals surface area contributed by atoms with Crippen LogP contribution in [0.5, 0.6) is 0 Å². The average Bonchev–Trinajstić information content (AvgIpc) is 2.93. The largest absolute Gasteiger partial charge is 0.444 e. The van der Waals surface area contributed by atoms with Gasteiger partial charge in [0, 0.05) is 30.4 Å². The molecule has 4 aromatic rings. The number of carbonyl (C=O) groups is 2. The lowest BCUT2D eigenvalue weighted by Crippen LogP contribution is -2.53. The molecule has 0 unspecified atom stereocenters. The molecule has 2 amide bonds. The first-order valence-corrected chi connectivity index (χ1v) is 13.9. The minimum Gasteiger partial charge on any atom is -0.444 e. The molecule has 0 radical (unpaired) electrons. The Bertz CT molecular complexity index is 1640. The van der Waals surface area contributed by atoms with Crippen LogP contribution in [-0.4, -0.2) is 61.6 Å². The van der Waals surface area contributed by atoms with Crippen LogP contribution in [0.4, 0.5) is 26.6 Å². The predicted molar refractivity (Wildman–Crippen MR) is 159 cm³/mol. The lowest BCUT2D eigenvalue weighted by atomic mass is 10.00. The van der Waals surface area contributed by atoms with Crippen molar-refractivity contribution in [2.75, 3.05) is 23.3 Å². The number of pyridine rings is 1. The normalized spacial score (nSPS) is 15.4. The van der Waals surface area contributed by atoms with E-state index in [1.807, 2.05) is 52.0 Å². The molecule has 0 aliphatic carbocycles. The molecule has 1 aliphatic rings. The summed E-state index contributed by atoms with van der Waals surface area (Å²) in [6, 6.07) is 11.4. The highest BCUT2D eigenvalue weighted by Gasteiger charge is 2.36. The number of piperidine rings is 1. The van der Waals surface area contributed by atoms with Crippen LogP contribution in [0.1, 0.15) is 49.5 Å². The molecule has 1 saturated heterocycles. The van der Waals surface area contributed by atoms with E-state index in [1.54, 1.807) is 17.2 Å². The Morgan fingerprint density at radius 3 is 2.69 bits per heavy atom. The number of aryl methyl sites for hydroxylation is 1. The molecule has 1 N–H and O–H groups in total. The Kier molecular flexibility index (Phi) is 8.22. The van der Waals surface area contributed by atoms with E-state index in [9.17, 15) is 9.59 Å². The highest BCUT2D eigenvalue weighted by atomic mass is 35.5. The van der Waals surface area contributed by atoms with Crippen molar-refractivity contribution < 1.29 is 18.7 Å². The second-order valence-electron chi connectivity index (χ2n) is 11.1. The minimum atomic E-state index is -0.744. The summed E-state index contributed by atoms with van der Waals surface area (Å²) >= 11 is 5.82. The van der Waals surface area contributed by atoms with Gasteiger partial charge in [-0.25, -0.2) is 24.1 Å². The van der Waals surface area contributed by atoms with Gasteiger partial charge >= 0.3 is 6.09 Å². The van der Waals surface area contributed by atoms with E-state index in [4.69, 9.17) is 16.3 Å². The van der Waals surface area contributed by atoms with Crippen molar-refractivity contribution in [1.82, 2.24) is 24.8 Å². The molecule has 0 spiro atoms.